The van der Waals surface area contributed by atoms with Crippen LogP contribution >= 0.6 is 11.6 Å². The third-order valence-electron chi connectivity index (χ3n) is 2.88. The molecule has 1 amide bonds. The maximum atomic E-state index is 11.3. The molecule has 0 aliphatic rings. The van der Waals surface area contributed by atoms with Gasteiger partial charge in [-0.3, -0.25) is 9.59 Å². The van der Waals surface area contributed by atoms with Crippen LogP contribution in [0.5, 0.6) is 0 Å². The van der Waals surface area contributed by atoms with Crippen LogP contribution in [0.3, 0.4) is 0 Å². The largest absolute Gasteiger partial charge is 0.320 e. The van der Waals surface area contributed by atoms with Crippen LogP contribution in [0.2, 0.25) is 0 Å². The van der Waals surface area contributed by atoms with Gasteiger partial charge in [-0.1, -0.05) is 18.2 Å². The van der Waals surface area contributed by atoms with E-state index in [0.29, 0.717) is 5.56 Å². The molecule has 4 heteroatoms. The number of ketones is 1. The topological polar surface area (TPSA) is 37.4 Å². The summed E-state index contributed by atoms with van der Waals surface area (Å²) >= 11 is 5.42. The summed E-state index contributed by atoms with van der Waals surface area (Å²) < 4.78 is 0. The second-order valence-electron chi connectivity index (χ2n) is 4.11. The highest BCUT2D eigenvalue weighted by Crippen LogP contribution is 2.23. The summed E-state index contributed by atoms with van der Waals surface area (Å²) in [6.07, 6.45) is 0. The monoisotopic (exact) mass is 261 g/mol. The average molecular weight is 262 g/mol. The van der Waals surface area contributed by atoms with Gasteiger partial charge in [-0.25, -0.2) is 0 Å². The summed E-state index contributed by atoms with van der Waals surface area (Å²) in [4.78, 5) is 23.7. The molecule has 92 valence electrons. The Hall–Kier alpha value is -1.87. The summed E-state index contributed by atoms with van der Waals surface area (Å²) in [6, 6.07) is 11.0. The Morgan fingerprint density at radius 3 is 2.28 bits per heavy atom. The Labute approximate surface area is 110 Å². The molecule has 0 spiro atoms. The molecule has 0 bridgehead atoms. The fraction of sp³-hybridized carbons (Fsp3) is 0.143. The fourth-order valence-electron chi connectivity index (χ4n) is 1.76. The molecule has 0 heterocycles. The lowest BCUT2D eigenvalue weighted by Gasteiger charge is -2.14. The Bertz CT molecular complexity index is 637. The first-order valence-electron chi connectivity index (χ1n) is 5.47. The van der Waals surface area contributed by atoms with Gasteiger partial charge in [-0.15, -0.1) is 0 Å². The minimum atomic E-state index is -0.533. The molecule has 2 aromatic carbocycles. The molecule has 0 aromatic heterocycles. The van der Waals surface area contributed by atoms with Gasteiger partial charge in [0.15, 0.2) is 5.78 Å². The van der Waals surface area contributed by atoms with Crippen molar-refractivity contribution in [3.05, 3.63) is 42.0 Å². The number of Topliss-reactive ketones (excluding diaryl/α,β-unsaturated/α-hetero) is 1. The number of hydrogen-bond donors (Lipinski definition) is 0. The quantitative estimate of drug-likeness (QED) is 0.468. The zero-order valence-electron chi connectivity index (χ0n) is 10.1. The van der Waals surface area contributed by atoms with Gasteiger partial charge in [0.25, 0.3) is 0 Å². The Morgan fingerprint density at radius 1 is 1.06 bits per heavy atom. The van der Waals surface area contributed by atoms with Gasteiger partial charge in [0.05, 0.1) is 0 Å². The molecule has 0 aliphatic carbocycles. The SMILES string of the molecule is CC(=O)c1ccc2cc(N(C)C(=O)Cl)ccc2c1. The fourth-order valence-corrected chi connectivity index (χ4v) is 1.86. The molecule has 0 N–H and O–H groups in total. The summed E-state index contributed by atoms with van der Waals surface area (Å²) in [5.74, 6) is 0.0361. The molecular weight excluding hydrogens is 250 g/mol. The Kier molecular flexibility index (Phi) is 3.34. The van der Waals surface area contributed by atoms with Crippen LogP contribution in [0.4, 0.5) is 10.5 Å². The van der Waals surface area contributed by atoms with Crippen molar-refractivity contribution in [2.24, 2.45) is 0 Å². The lowest BCUT2D eigenvalue weighted by atomic mass is 10.0. The standard InChI is InChI=1S/C14H12ClNO2/c1-9(17)10-3-4-12-8-13(16(2)14(15)18)6-5-11(12)7-10/h3-8H,1-2H3. The smallest absolute Gasteiger partial charge is 0.302 e. The molecule has 2 rings (SSSR count). The van der Waals surface area contributed by atoms with Crippen LogP contribution < -0.4 is 4.90 Å². The molecule has 0 radical (unpaired) electrons. The van der Waals surface area contributed by atoms with Gasteiger partial charge >= 0.3 is 5.37 Å². The van der Waals surface area contributed by atoms with Gasteiger partial charge in [-0.2, -0.15) is 0 Å². The molecule has 0 unspecified atom stereocenters. The molecule has 0 saturated heterocycles. The zero-order chi connectivity index (χ0) is 13.3. The van der Waals surface area contributed by atoms with Crippen molar-refractivity contribution in [2.75, 3.05) is 11.9 Å². The number of carbonyl (C=O) groups excluding carboxylic acids is 2. The molecule has 2 aromatic rings. The minimum absolute atomic E-state index is 0.0361. The number of amides is 1. The lowest BCUT2D eigenvalue weighted by Crippen LogP contribution is -2.19. The van der Waals surface area contributed by atoms with Gasteiger partial charge in [0.2, 0.25) is 0 Å². The summed E-state index contributed by atoms with van der Waals surface area (Å²) in [7, 11) is 1.61. The van der Waals surface area contributed by atoms with Crippen LogP contribution in [0.15, 0.2) is 36.4 Å². The normalized spacial score (nSPS) is 10.4. The number of fused-ring (bicyclic) bond motifs is 1. The van der Waals surface area contributed by atoms with Crippen molar-refractivity contribution in [2.45, 2.75) is 6.92 Å². The minimum Gasteiger partial charge on any atom is -0.302 e. The second-order valence-corrected chi connectivity index (χ2v) is 4.44. The van der Waals surface area contributed by atoms with E-state index in [1.165, 1.54) is 11.8 Å². The number of rotatable bonds is 2. The average Bonchev–Trinajstić information content (AvgIpc) is 2.36. The van der Waals surface area contributed by atoms with E-state index in [1.807, 2.05) is 24.3 Å². The van der Waals surface area contributed by atoms with E-state index in [9.17, 15) is 9.59 Å². The van der Waals surface area contributed by atoms with Crippen molar-refractivity contribution in [1.29, 1.82) is 0 Å². The molecule has 0 aliphatic heterocycles. The Morgan fingerprint density at radius 2 is 1.67 bits per heavy atom. The first-order chi connectivity index (χ1) is 8.49. The van der Waals surface area contributed by atoms with Crippen LogP contribution in [0.25, 0.3) is 10.8 Å². The molecule has 18 heavy (non-hydrogen) atoms. The van der Waals surface area contributed by atoms with E-state index in [1.54, 1.807) is 19.2 Å². The van der Waals surface area contributed by atoms with Gasteiger partial charge in [0.1, 0.15) is 0 Å². The van der Waals surface area contributed by atoms with Crippen LogP contribution in [-0.2, 0) is 0 Å². The second kappa shape index (κ2) is 4.78. The molecular formula is C14H12ClNO2. The number of hydrogen-bond acceptors (Lipinski definition) is 2. The predicted octanol–water partition coefficient (Wildman–Crippen LogP) is 3.84. The van der Waals surface area contributed by atoms with E-state index in [4.69, 9.17) is 11.6 Å². The maximum absolute atomic E-state index is 11.3. The number of benzene rings is 2. The maximum Gasteiger partial charge on any atom is 0.320 e. The number of nitrogens with zero attached hydrogens (tertiary/aromatic N) is 1. The van der Waals surface area contributed by atoms with Crippen molar-refractivity contribution in [3.8, 4) is 0 Å². The van der Waals surface area contributed by atoms with Crippen molar-refractivity contribution >= 4 is 39.2 Å². The third-order valence-corrected chi connectivity index (χ3v) is 3.13. The van der Waals surface area contributed by atoms with E-state index < -0.39 is 5.37 Å². The van der Waals surface area contributed by atoms with Crippen LogP contribution in [0, 0.1) is 0 Å². The summed E-state index contributed by atoms with van der Waals surface area (Å²) in [5.41, 5.74) is 1.40. The zero-order valence-corrected chi connectivity index (χ0v) is 10.9. The van der Waals surface area contributed by atoms with Crippen LogP contribution in [0.1, 0.15) is 17.3 Å². The van der Waals surface area contributed by atoms with Gasteiger partial charge in [0, 0.05) is 18.3 Å². The van der Waals surface area contributed by atoms with E-state index in [0.717, 1.165) is 16.5 Å². The lowest BCUT2D eigenvalue weighted by molar-refractivity contribution is 0.101. The van der Waals surface area contributed by atoms with Crippen molar-refractivity contribution in [1.82, 2.24) is 0 Å². The first kappa shape index (κ1) is 12.6. The summed E-state index contributed by atoms with van der Waals surface area (Å²) in [6.45, 7) is 1.54. The Balaban J connectivity index is 2.50. The molecule has 3 nitrogen and oxygen atoms in total. The highest BCUT2D eigenvalue weighted by molar-refractivity contribution is 6.66. The van der Waals surface area contributed by atoms with E-state index >= 15 is 0 Å². The number of halogens is 1. The molecule has 0 atom stereocenters. The number of anilines is 1. The molecule has 0 fully saturated rings. The summed E-state index contributed by atoms with van der Waals surface area (Å²) in [5, 5.41) is 1.39. The van der Waals surface area contributed by atoms with E-state index in [-0.39, 0.29) is 5.78 Å². The third kappa shape index (κ3) is 2.36. The van der Waals surface area contributed by atoms with Gasteiger partial charge < -0.3 is 4.90 Å². The predicted molar refractivity (Wildman–Crippen MR) is 73.6 cm³/mol. The number of carbonyl (C=O) groups is 2. The molecule has 0 saturated carbocycles. The van der Waals surface area contributed by atoms with E-state index in [2.05, 4.69) is 0 Å². The van der Waals surface area contributed by atoms with Gasteiger partial charge in [-0.05, 0) is 47.5 Å². The highest BCUT2D eigenvalue weighted by Gasteiger charge is 2.08. The van der Waals surface area contributed by atoms with Crippen molar-refractivity contribution in [3.63, 3.8) is 0 Å². The van der Waals surface area contributed by atoms with Crippen molar-refractivity contribution < 1.29 is 9.59 Å². The first-order valence-corrected chi connectivity index (χ1v) is 5.85. The highest BCUT2D eigenvalue weighted by atomic mass is 35.5. The van der Waals surface area contributed by atoms with Crippen LogP contribution in [-0.4, -0.2) is 18.2 Å².